The first-order chi connectivity index (χ1) is 7.72. The second kappa shape index (κ2) is 7.86. The number of halogens is 1. The van der Waals surface area contributed by atoms with E-state index in [1.807, 2.05) is 0 Å². The molecular formula is C14H22BrN. The predicted molar refractivity (Wildman–Crippen MR) is 74.8 cm³/mol. The Hall–Kier alpha value is -0.340. The van der Waals surface area contributed by atoms with Gasteiger partial charge in [0.05, 0.1) is 0 Å². The van der Waals surface area contributed by atoms with Crippen molar-refractivity contribution in [2.45, 2.75) is 45.6 Å². The topological polar surface area (TPSA) is 12.0 Å². The normalized spacial score (nSPS) is 12.7. The van der Waals surface area contributed by atoms with Crippen molar-refractivity contribution in [2.24, 2.45) is 0 Å². The molecule has 90 valence electrons. The number of rotatable bonds is 7. The summed E-state index contributed by atoms with van der Waals surface area (Å²) in [6.45, 7) is 5.64. The maximum atomic E-state index is 3.57. The number of benzene rings is 1. The zero-order valence-corrected chi connectivity index (χ0v) is 11.9. The maximum Gasteiger partial charge on any atom is 0.0175 e. The van der Waals surface area contributed by atoms with Crippen molar-refractivity contribution >= 4 is 15.9 Å². The molecule has 0 aliphatic rings. The minimum atomic E-state index is 0.568. The molecule has 0 saturated heterocycles. The molecule has 1 aromatic carbocycles. The molecule has 0 heterocycles. The summed E-state index contributed by atoms with van der Waals surface area (Å²) in [7, 11) is 0. The van der Waals surface area contributed by atoms with Crippen molar-refractivity contribution in [3.8, 4) is 0 Å². The van der Waals surface area contributed by atoms with Crippen LogP contribution in [0.25, 0.3) is 0 Å². The molecule has 2 heteroatoms. The summed E-state index contributed by atoms with van der Waals surface area (Å²) in [6.07, 6.45) is 5.03. The largest absolute Gasteiger partial charge is 0.314 e. The van der Waals surface area contributed by atoms with Crippen LogP contribution in [0.3, 0.4) is 0 Å². The molecule has 0 aliphatic heterocycles. The highest BCUT2D eigenvalue weighted by molar-refractivity contribution is 9.10. The fourth-order valence-corrected chi connectivity index (χ4v) is 2.03. The van der Waals surface area contributed by atoms with Gasteiger partial charge in [0.2, 0.25) is 0 Å². The monoisotopic (exact) mass is 283 g/mol. The highest BCUT2D eigenvalue weighted by atomic mass is 79.9. The van der Waals surface area contributed by atoms with E-state index in [1.54, 1.807) is 0 Å². The molecule has 0 radical (unpaired) electrons. The van der Waals surface area contributed by atoms with E-state index in [2.05, 4.69) is 59.4 Å². The van der Waals surface area contributed by atoms with Gasteiger partial charge in [-0.2, -0.15) is 0 Å². The lowest BCUT2D eigenvalue weighted by Crippen LogP contribution is -2.28. The fraction of sp³-hybridized carbons (Fsp3) is 0.571. The van der Waals surface area contributed by atoms with Crippen molar-refractivity contribution in [1.29, 1.82) is 0 Å². The Kier molecular flexibility index (Phi) is 6.74. The van der Waals surface area contributed by atoms with Gasteiger partial charge in [-0.25, -0.2) is 0 Å². The van der Waals surface area contributed by atoms with Crippen LogP contribution in [-0.2, 0) is 6.42 Å². The highest BCUT2D eigenvalue weighted by Gasteiger charge is 2.02. The first-order valence-corrected chi connectivity index (χ1v) is 6.99. The van der Waals surface area contributed by atoms with Gasteiger partial charge in [0, 0.05) is 10.5 Å². The Morgan fingerprint density at radius 2 is 1.88 bits per heavy atom. The molecule has 1 unspecified atom stereocenters. The van der Waals surface area contributed by atoms with Gasteiger partial charge in [-0.15, -0.1) is 0 Å². The lowest BCUT2D eigenvalue weighted by molar-refractivity contribution is 0.523. The summed E-state index contributed by atoms with van der Waals surface area (Å²) in [5.74, 6) is 0. The van der Waals surface area contributed by atoms with E-state index in [0.717, 1.165) is 17.4 Å². The Balaban J connectivity index is 2.23. The van der Waals surface area contributed by atoms with Crippen LogP contribution >= 0.6 is 15.9 Å². The minimum absolute atomic E-state index is 0.568. The summed E-state index contributed by atoms with van der Waals surface area (Å²) in [6, 6.07) is 9.17. The first kappa shape index (κ1) is 13.7. The van der Waals surface area contributed by atoms with Crippen molar-refractivity contribution in [2.75, 3.05) is 6.54 Å². The molecule has 1 aromatic rings. The van der Waals surface area contributed by atoms with E-state index in [0.29, 0.717) is 6.04 Å². The molecule has 0 bridgehead atoms. The van der Waals surface area contributed by atoms with E-state index in [9.17, 15) is 0 Å². The number of nitrogens with one attached hydrogen (secondary N) is 1. The third-order valence-electron chi connectivity index (χ3n) is 2.73. The zero-order valence-electron chi connectivity index (χ0n) is 10.3. The molecule has 0 fully saturated rings. The lowest BCUT2D eigenvalue weighted by atomic mass is 10.1. The van der Waals surface area contributed by atoms with Gasteiger partial charge in [0.25, 0.3) is 0 Å². The van der Waals surface area contributed by atoms with Gasteiger partial charge in [0.1, 0.15) is 0 Å². The van der Waals surface area contributed by atoms with Crippen molar-refractivity contribution in [3.05, 3.63) is 34.3 Å². The van der Waals surface area contributed by atoms with Gasteiger partial charge in [-0.1, -0.05) is 47.8 Å². The quantitative estimate of drug-likeness (QED) is 0.741. The molecule has 0 amide bonds. The van der Waals surface area contributed by atoms with Gasteiger partial charge in [-0.05, 0) is 44.0 Å². The summed E-state index contributed by atoms with van der Waals surface area (Å²) in [5.41, 5.74) is 1.40. The summed E-state index contributed by atoms with van der Waals surface area (Å²) in [5, 5.41) is 3.57. The van der Waals surface area contributed by atoms with Gasteiger partial charge in [-0.3, -0.25) is 0 Å². The molecule has 16 heavy (non-hydrogen) atoms. The minimum Gasteiger partial charge on any atom is -0.314 e. The first-order valence-electron chi connectivity index (χ1n) is 6.20. The SMILES string of the molecule is CCCCCNC(C)Cc1ccc(Br)cc1. The third kappa shape index (κ3) is 5.66. The van der Waals surface area contributed by atoms with Gasteiger partial charge < -0.3 is 5.32 Å². The highest BCUT2D eigenvalue weighted by Crippen LogP contribution is 2.11. The van der Waals surface area contributed by atoms with Crippen LogP contribution in [0, 0.1) is 0 Å². The van der Waals surface area contributed by atoms with Crippen LogP contribution in [0.2, 0.25) is 0 Å². The van der Waals surface area contributed by atoms with Crippen molar-refractivity contribution < 1.29 is 0 Å². The molecule has 0 aromatic heterocycles. The van der Waals surface area contributed by atoms with Crippen LogP contribution < -0.4 is 5.32 Å². The van der Waals surface area contributed by atoms with E-state index in [4.69, 9.17) is 0 Å². The molecule has 0 aliphatic carbocycles. The predicted octanol–water partition coefficient (Wildman–Crippen LogP) is 4.16. The fourth-order valence-electron chi connectivity index (χ4n) is 1.77. The molecular weight excluding hydrogens is 262 g/mol. The average molecular weight is 284 g/mol. The van der Waals surface area contributed by atoms with Crippen LogP contribution in [0.15, 0.2) is 28.7 Å². The standard InChI is InChI=1S/C14H22BrN/c1-3-4-5-10-16-12(2)11-13-6-8-14(15)9-7-13/h6-9,12,16H,3-5,10-11H2,1-2H3. The van der Waals surface area contributed by atoms with E-state index in [1.165, 1.54) is 24.8 Å². The number of hydrogen-bond donors (Lipinski definition) is 1. The Labute approximate surface area is 108 Å². The Morgan fingerprint density at radius 1 is 1.19 bits per heavy atom. The van der Waals surface area contributed by atoms with E-state index >= 15 is 0 Å². The summed E-state index contributed by atoms with van der Waals surface area (Å²) in [4.78, 5) is 0. The summed E-state index contributed by atoms with van der Waals surface area (Å²) < 4.78 is 1.15. The van der Waals surface area contributed by atoms with Crippen molar-refractivity contribution in [3.63, 3.8) is 0 Å². The van der Waals surface area contributed by atoms with Crippen molar-refractivity contribution in [1.82, 2.24) is 5.32 Å². The average Bonchev–Trinajstić information content (AvgIpc) is 2.28. The number of hydrogen-bond acceptors (Lipinski definition) is 1. The smallest absolute Gasteiger partial charge is 0.0175 e. The van der Waals surface area contributed by atoms with Crippen LogP contribution in [-0.4, -0.2) is 12.6 Å². The second-order valence-corrected chi connectivity index (χ2v) is 5.31. The molecule has 0 spiro atoms. The molecule has 1 rings (SSSR count). The Morgan fingerprint density at radius 3 is 2.50 bits per heavy atom. The van der Waals surface area contributed by atoms with Crippen LogP contribution in [0.4, 0.5) is 0 Å². The van der Waals surface area contributed by atoms with Gasteiger partial charge >= 0.3 is 0 Å². The lowest BCUT2D eigenvalue weighted by Gasteiger charge is -2.13. The summed E-state index contributed by atoms with van der Waals surface area (Å²) >= 11 is 3.46. The molecule has 1 atom stereocenters. The second-order valence-electron chi connectivity index (χ2n) is 4.39. The zero-order chi connectivity index (χ0) is 11.8. The molecule has 0 saturated carbocycles. The van der Waals surface area contributed by atoms with E-state index in [-0.39, 0.29) is 0 Å². The van der Waals surface area contributed by atoms with Crippen LogP contribution in [0.1, 0.15) is 38.7 Å². The number of unbranched alkanes of at least 4 members (excludes halogenated alkanes) is 2. The molecule has 1 nitrogen and oxygen atoms in total. The third-order valence-corrected chi connectivity index (χ3v) is 3.26. The van der Waals surface area contributed by atoms with Gasteiger partial charge in [0.15, 0.2) is 0 Å². The Bertz CT molecular complexity index is 281. The maximum absolute atomic E-state index is 3.57. The van der Waals surface area contributed by atoms with E-state index < -0.39 is 0 Å². The molecule has 1 N–H and O–H groups in total. The van der Waals surface area contributed by atoms with Crippen LogP contribution in [0.5, 0.6) is 0 Å².